The molecular formula is C14H29N3O2S. The van der Waals surface area contributed by atoms with Gasteiger partial charge in [-0.2, -0.15) is 4.31 Å². The molecule has 1 unspecified atom stereocenters. The molecule has 20 heavy (non-hydrogen) atoms. The summed E-state index contributed by atoms with van der Waals surface area (Å²) in [6, 6.07) is 0. The van der Waals surface area contributed by atoms with E-state index in [0.29, 0.717) is 19.6 Å². The van der Waals surface area contributed by atoms with E-state index in [0.717, 1.165) is 32.0 Å². The highest BCUT2D eigenvalue weighted by atomic mass is 32.2. The maximum absolute atomic E-state index is 12.5. The molecule has 5 nitrogen and oxygen atoms in total. The number of piperazine rings is 1. The molecule has 0 radical (unpaired) electrons. The molecule has 1 heterocycles. The monoisotopic (exact) mass is 303 g/mol. The summed E-state index contributed by atoms with van der Waals surface area (Å²) in [5, 5.41) is 2.88. The second-order valence-corrected chi connectivity index (χ2v) is 8.55. The molecule has 1 aliphatic heterocycles. The predicted molar refractivity (Wildman–Crippen MR) is 82.3 cm³/mol. The Labute approximate surface area is 123 Å². The van der Waals surface area contributed by atoms with Gasteiger partial charge in [-0.25, -0.2) is 8.42 Å². The lowest BCUT2D eigenvalue weighted by Gasteiger charge is -2.35. The van der Waals surface area contributed by atoms with E-state index in [9.17, 15) is 8.42 Å². The van der Waals surface area contributed by atoms with Gasteiger partial charge in [0.25, 0.3) is 0 Å². The van der Waals surface area contributed by atoms with Crippen LogP contribution < -0.4 is 5.32 Å². The zero-order valence-electron chi connectivity index (χ0n) is 12.8. The van der Waals surface area contributed by atoms with Crippen molar-refractivity contribution in [2.24, 2.45) is 5.92 Å². The van der Waals surface area contributed by atoms with Crippen LogP contribution in [0.1, 0.15) is 33.1 Å². The summed E-state index contributed by atoms with van der Waals surface area (Å²) in [6.07, 6.45) is 3.75. The van der Waals surface area contributed by atoms with Crippen molar-refractivity contribution in [1.29, 1.82) is 0 Å². The molecule has 2 rings (SSSR count). The number of nitrogens with zero attached hydrogens (tertiary/aromatic N) is 2. The van der Waals surface area contributed by atoms with Gasteiger partial charge in [0.1, 0.15) is 0 Å². The molecule has 1 atom stereocenters. The lowest BCUT2D eigenvalue weighted by molar-refractivity contribution is 0.181. The van der Waals surface area contributed by atoms with E-state index in [1.807, 2.05) is 6.92 Å². The van der Waals surface area contributed by atoms with Crippen molar-refractivity contribution < 1.29 is 8.42 Å². The van der Waals surface area contributed by atoms with Crippen LogP contribution in [0.25, 0.3) is 0 Å². The minimum absolute atomic E-state index is 0.330. The van der Waals surface area contributed by atoms with Crippen molar-refractivity contribution in [2.45, 2.75) is 38.4 Å². The first-order valence-electron chi connectivity index (χ1n) is 7.96. The molecule has 6 heteroatoms. The van der Waals surface area contributed by atoms with E-state index in [2.05, 4.69) is 17.1 Å². The van der Waals surface area contributed by atoms with Gasteiger partial charge in [-0.1, -0.05) is 6.92 Å². The Kier molecular flexibility index (Phi) is 5.84. The Hall–Kier alpha value is -0.170. The number of sulfonamides is 1. The molecule has 0 aromatic heterocycles. The fourth-order valence-corrected chi connectivity index (χ4v) is 4.18. The summed E-state index contributed by atoms with van der Waals surface area (Å²) in [4.78, 5) is 2.42. The predicted octanol–water partition coefficient (Wildman–Crippen LogP) is 0.732. The second kappa shape index (κ2) is 7.20. The fourth-order valence-electron chi connectivity index (χ4n) is 2.67. The minimum Gasteiger partial charge on any atom is -0.315 e. The Morgan fingerprint density at radius 3 is 2.40 bits per heavy atom. The van der Waals surface area contributed by atoms with Crippen molar-refractivity contribution in [1.82, 2.24) is 14.5 Å². The van der Waals surface area contributed by atoms with Crippen molar-refractivity contribution in [3.63, 3.8) is 0 Å². The van der Waals surface area contributed by atoms with E-state index in [1.54, 1.807) is 4.31 Å². The first-order valence-corrected chi connectivity index (χ1v) is 9.46. The quantitative estimate of drug-likeness (QED) is 0.672. The molecule has 0 aromatic rings. The maximum Gasteiger partial charge on any atom is 0.218 e. The Morgan fingerprint density at radius 1 is 1.20 bits per heavy atom. The summed E-state index contributed by atoms with van der Waals surface area (Å²) in [6.45, 7) is 9.62. The fraction of sp³-hybridized carbons (Fsp3) is 1.00. The zero-order chi connectivity index (χ0) is 14.6. The molecule has 118 valence electrons. The molecule has 2 fully saturated rings. The van der Waals surface area contributed by atoms with E-state index >= 15 is 0 Å². The van der Waals surface area contributed by atoms with Crippen LogP contribution in [0.3, 0.4) is 0 Å². The van der Waals surface area contributed by atoms with E-state index in [1.165, 1.54) is 19.4 Å². The molecule has 0 bridgehead atoms. The average molecular weight is 303 g/mol. The van der Waals surface area contributed by atoms with Gasteiger partial charge >= 0.3 is 0 Å². The summed E-state index contributed by atoms with van der Waals surface area (Å²) in [5.74, 6) is 0.885. The molecule has 1 saturated carbocycles. The van der Waals surface area contributed by atoms with Gasteiger partial charge in [-0.05, 0) is 38.6 Å². The molecular weight excluding hydrogens is 274 g/mol. The highest BCUT2D eigenvalue weighted by Gasteiger charge is 2.33. The smallest absolute Gasteiger partial charge is 0.218 e. The molecule has 1 N–H and O–H groups in total. The lowest BCUT2D eigenvalue weighted by atomic mass is 10.3. The maximum atomic E-state index is 12.5. The van der Waals surface area contributed by atoms with Crippen molar-refractivity contribution in [3.8, 4) is 0 Å². The Balaban J connectivity index is 1.77. The third-order valence-corrected chi connectivity index (χ3v) is 6.54. The molecule has 2 aliphatic rings. The van der Waals surface area contributed by atoms with Gasteiger partial charge in [0.2, 0.25) is 10.0 Å². The first kappa shape index (κ1) is 16.2. The molecule has 0 amide bonds. The topological polar surface area (TPSA) is 52.7 Å². The standard InChI is InChI=1S/C14H29N3O2S/c1-3-6-15-11-13(2)20(18,19)17-9-7-16(8-10-17)12-14-4-5-14/h13-15H,3-12H2,1-2H3. The molecule has 0 aromatic carbocycles. The first-order chi connectivity index (χ1) is 9.54. The molecule has 1 saturated heterocycles. The largest absolute Gasteiger partial charge is 0.315 e. The van der Waals surface area contributed by atoms with Gasteiger partial charge in [-0.3, -0.25) is 0 Å². The van der Waals surface area contributed by atoms with Crippen molar-refractivity contribution >= 4 is 10.0 Å². The number of rotatable bonds is 8. The van der Waals surface area contributed by atoms with Gasteiger partial charge < -0.3 is 10.2 Å². The Morgan fingerprint density at radius 2 is 1.85 bits per heavy atom. The van der Waals surface area contributed by atoms with E-state index in [-0.39, 0.29) is 5.25 Å². The van der Waals surface area contributed by atoms with Crippen LogP contribution in [0.5, 0.6) is 0 Å². The minimum atomic E-state index is -3.13. The van der Waals surface area contributed by atoms with Crippen LogP contribution in [0, 0.1) is 5.92 Å². The van der Waals surface area contributed by atoms with Gasteiger partial charge in [0.05, 0.1) is 5.25 Å². The Bertz CT molecular complexity index is 387. The lowest BCUT2D eigenvalue weighted by Crippen LogP contribution is -2.52. The highest BCUT2D eigenvalue weighted by Crippen LogP contribution is 2.30. The van der Waals surface area contributed by atoms with Crippen LogP contribution >= 0.6 is 0 Å². The number of hydrogen-bond donors (Lipinski definition) is 1. The van der Waals surface area contributed by atoms with E-state index in [4.69, 9.17) is 0 Å². The third kappa shape index (κ3) is 4.41. The van der Waals surface area contributed by atoms with Crippen LogP contribution in [0.4, 0.5) is 0 Å². The highest BCUT2D eigenvalue weighted by molar-refractivity contribution is 7.89. The van der Waals surface area contributed by atoms with E-state index < -0.39 is 10.0 Å². The van der Waals surface area contributed by atoms with Crippen LogP contribution in [-0.4, -0.2) is 68.7 Å². The summed E-state index contributed by atoms with van der Waals surface area (Å²) in [7, 11) is -3.13. The second-order valence-electron chi connectivity index (χ2n) is 6.20. The van der Waals surface area contributed by atoms with Crippen LogP contribution in [-0.2, 0) is 10.0 Å². The average Bonchev–Trinajstić information content (AvgIpc) is 3.23. The number of nitrogens with one attached hydrogen (secondary N) is 1. The van der Waals surface area contributed by atoms with Gasteiger partial charge in [-0.15, -0.1) is 0 Å². The zero-order valence-corrected chi connectivity index (χ0v) is 13.7. The number of hydrogen-bond acceptors (Lipinski definition) is 4. The molecule has 0 spiro atoms. The van der Waals surface area contributed by atoms with Crippen molar-refractivity contribution in [2.75, 3.05) is 45.8 Å². The van der Waals surface area contributed by atoms with Crippen LogP contribution in [0.2, 0.25) is 0 Å². The summed E-state index contributed by atoms with van der Waals surface area (Å²) in [5.41, 5.74) is 0. The molecule has 1 aliphatic carbocycles. The normalized spacial score (nSPS) is 23.9. The van der Waals surface area contributed by atoms with Gasteiger partial charge in [0.15, 0.2) is 0 Å². The van der Waals surface area contributed by atoms with Crippen molar-refractivity contribution in [3.05, 3.63) is 0 Å². The SMILES string of the molecule is CCCNCC(C)S(=O)(=O)N1CCN(CC2CC2)CC1. The summed E-state index contributed by atoms with van der Waals surface area (Å²) >= 11 is 0. The van der Waals surface area contributed by atoms with Gasteiger partial charge in [0, 0.05) is 39.3 Å². The third-order valence-electron chi connectivity index (χ3n) is 4.27. The van der Waals surface area contributed by atoms with Crippen LogP contribution in [0.15, 0.2) is 0 Å². The summed E-state index contributed by atoms with van der Waals surface area (Å²) < 4.78 is 26.7.